The van der Waals surface area contributed by atoms with Gasteiger partial charge in [0.15, 0.2) is 5.78 Å². The summed E-state index contributed by atoms with van der Waals surface area (Å²) in [5.41, 5.74) is 0. The highest BCUT2D eigenvalue weighted by Crippen LogP contribution is 2.24. The first-order valence-corrected chi connectivity index (χ1v) is 11.6. The number of benzene rings is 2. The van der Waals surface area contributed by atoms with Crippen molar-refractivity contribution < 1.29 is 28.2 Å². The maximum Gasteiger partial charge on any atom is 0.170 e. The molecule has 1 saturated heterocycles. The number of Topliss-reactive ketones (excluding diaryl/α,β-unsaturated/α-hetero) is 1. The van der Waals surface area contributed by atoms with Crippen LogP contribution in [0.3, 0.4) is 0 Å². The lowest BCUT2D eigenvalue weighted by atomic mass is 9.91. The summed E-state index contributed by atoms with van der Waals surface area (Å²) in [7, 11) is 0. The highest BCUT2D eigenvalue weighted by atomic mass is 35.5. The van der Waals surface area contributed by atoms with E-state index in [1.54, 1.807) is 6.07 Å². The number of carbonyl (C=O) groups excluding carboxylic acids is 1. The topological polar surface area (TPSA) is 59.0 Å². The lowest BCUT2D eigenvalue weighted by Gasteiger charge is -2.33. The van der Waals surface area contributed by atoms with Crippen LogP contribution in [0.4, 0.5) is 8.78 Å². The van der Waals surface area contributed by atoms with Gasteiger partial charge >= 0.3 is 0 Å². The van der Waals surface area contributed by atoms with E-state index in [1.807, 2.05) is 0 Å². The molecule has 0 aliphatic carbocycles. The van der Waals surface area contributed by atoms with Crippen molar-refractivity contribution in [2.24, 2.45) is 5.92 Å². The van der Waals surface area contributed by atoms with E-state index in [-0.39, 0.29) is 34.8 Å². The average Bonchev–Trinajstić information content (AvgIpc) is 2.80. The molecule has 1 fully saturated rings. The molecule has 0 radical (unpaired) electrons. The van der Waals surface area contributed by atoms with Crippen molar-refractivity contribution in [3.8, 4) is 11.5 Å². The van der Waals surface area contributed by atoms with E-state index in [4.69, 9.17) is 32.7 Å². The van der Waals surface area contributed by atoms with Gasteiger partial charge in [-0.1, -0.05) is 23.2 Å². The summed E-state index contributed by atoms with van der Waals surface area (Å²) in [6.45, 7) is 2.09. The number of aliphatic hydroxyl groups excluding tert-OH is 1. The molecule has 1 aliphatic heterocycles. The molecule has 9 heteroatoms. The van der Waals surface area contributed by atoms with Gasteiger partial charge in [0.2, 0.25) is 0 Å². The lowest BCUT2D eigenvalue weighted by Crippen LogP contribution is -2.40. The summed E-state index contributed by atoms with van der Waals surface area (Å²) in [6.07, 6.45) is 2.36. The Morgan fingerprint density at radius 2 is 1.61 bits per heavy atom. The van der Waals surface area contributed by atoms with Crippen LogP contribution < -0.4 is 9.47 Å². The molecule has 2 aromatic carbocycles. The summed E-state index contributed by atoms with van der Waals surface area (Å²) in [5, 5.41) is 10.3. The Morgan fingerprint density at radius 3 is 2.18 bits per heavy atom. The van der Waals surface area contributed by atoms with E-state index < -0.39 is 17.7 Å². The molecular formula is C24H27Cl2F2NO4. The van der Waals surface area contributed by atoms with Crippen LogP contribution in [0.5, 0.6) is 11.5 Å². The van der Waals surface area contributed by atoms with Crippen molar-refractivity contribution in [2.45, 2.75) is 31.8 Å². The second kappa shape index (κ2) is 12.5. The third-order valence-corrected chi connectivity index (χ3v) is 6.24. The lowest BCUT2D eigenvalue weighted by molar-refractivity contribution is -0.121. The van der Waals surface area contributed by atoms with Gasteiger partial charge in [-0.2, -0.15) is 0 Å². The molecule has 33 heavy (non-hydrogen) atoms. The van der Waals surface area contributed by atoms with Gasteiger partial charge in [-0.25, -0.2) is 8.78 Å². The number of β-amino-alcohol motifs (C(OH)–C–C–N with tert-alkyl or cyclic N) is 1. The molecule has 0 spiro atoms. The third kappa shape index (κ3) is 8.41. The van der Waals surface area contributed by atoms with Gasteiger partial charge in [-0.3, -0.25) is 4.79 Å². The number of nitrogens with zero attached hydrogens (tertiary/aromatic N) is 1. The van der Waals surface area contributed by atoms with Gasteiger partial charge in [0.05, 0.1) is 10.0 Å². The average molecular weight is 502 g/mol. The minimum absolute atomic E-state index is 0.0111. The molecule has 0 bridgehead atoms. The van der Waals surface area contributed by atoms with Crippen molar-refractivity contribution >= 4 is 29.0 Å². The van der Waals surface area contributed by atoms with Crippen LogP contribution in [-0.4, -0.2) is 54.7 Å². The summed E-state index contributed by atoms with van der Waals surface area (Å²) < 4.78 is 37.7. The van der Waals surface area contributed by atoms with Gasteiger partial charge in [0.1, 0.15) is 42.5 Å². The van der Waals surface area contributed by atoms with Crippen molar-refractivity contribution in [3.63, 3.8) is 0 Å². The summed E-state index contributed by atoms with van der Waals surface area (Å²) in [4.78, 5) is 14.3. The first-order valence-electron chi connectivity index (χ1n) is 10.9. The first kappa shape index (κ1) is 25.7. The predicted octanol–water partition coefficient (Wildman–Crippen LogP) is 5.15. The molecule has 1 N–H and O–H groups in total. The minimum atomic E-state index is -0.697. The van der Waals surface area contributed by atoms with Crippen LogP contribution >= 0.6 is 23.2 Å². The minimum Gasteiger partial charge on any atom is -0.491 e. The van der Waals surface area contributed by atoms with Crippen molar-refractivity contribution in [2.75, 3.05) is 32.8 Å². The molecule has 0 amide bonds. The SMILES string of the molecule is O=C(CCC1CCN(CC(O)COc2ccc(Cl)c(F)c2)CC1)COc1ccc(Cl)c(F)c1. The number of rotatable bonds is 11. The standard InChI is InChI=1S/C24H27Cl2F2NO4/c25-21-5-3-19(11-23(21)27)32-14-17(30)2-1-16-7-9-29(10-8-16)13-18(31)15-33-20-4-6-22(26)24(28)12-20/h3-6,11-12,16,18,31H,1-2,7-10,13-15H2. The number of halogens is 4. The van der Waals surface area contributed by atoms with Crippen molar-refractivity contribution in [3.05, 3.63) is 58.1 Å². The number of hydrogen-bond acceptors (Lipinski definition) is 5. The first-order chi connectivity index (χ1) is 15.8. The Balaban J connectivity index is 1.29. The van der Waals surface area contributed by atoms with E-state index in [0.717, 1.165) is 32.4 Å². The fraction of sp³-hybridized carbons (Fsp3) is 0.458. The van der Waals surface area contributed by atoms with Crippen molar-refractivity contribution in [1.82, 2.24) is 4.90 Å². The number of aliphatic hydroxyl groups is 1. The molecular weight excluding hydrogens is 475 g/mol. The number of likely N-dealkylation sites (tertiary alicyclic amines) is 1. The Labute approximate surface area is 202 Å². The number of hydrogen-bond donors (Lipinski definition) is 1. The van der Waals surface area contributed by atoms with Gasteiger partial charge in [0, 0.05) is 25.1 Å². The van der Waals surface area contributed by atoms with Crippen LogP contribution in [0.15, 0.2) is 36.4 Å². The van der Waals surface area contributed by atoms with Gasteiger partial charge in [-0.05, 0) is 62.5 Å². The van der Waals surface area contributed by atoms with E-state index in [1.165, 1.54) is 30.3 Å². The second-order valence-electron chi connectivity index (χ2n) is 8.23. The fourth-order valence-electron chi connectivity index (χ4n) is 3.74. The summed E-state index contributed by atoms with van der Waals surface area (Å²) in [5.74, 6) is -0.131. The zero-order valence-corrected chi connectivity index (χ0v) is 19.6. The van der Waals surface area contributed by atoms with Crippen LogP contribution in [0.2, 0.25) is 10.0 Å². The molecule has 5 nitrogen and oxygen atoms in total. The van der Waals surface area contributed by atoms with Crippen LogP contribution in [0.1, 0.15) is 25.7 Å². The molecule has 1 aliphatic rings. The number of ketones is 1. The summed E-state index contributed by atoms with van der Waals surface area (Å²) in [6, 6.07) is 8.26. The van der Waals surface area contributed by atoms with E-state index >= 15 is 0 Å². The van der Waals surface area contributed by atoms with Crippen LogP contribution in [0, 0.1) is 17.6 Å². The van der Waals surface area contributed by atoms with Crippen molar-refractivity contribution in [1.29, 1.82) is 0 Å². The molecule has 2 aromatic rings. The monoisotopic (exact) mass is 501 g/mol. The Morgan fingerprint density at radius 1 is 1.03 bits per heavy atom. The van der Waals surface area contributed by atoms with Crippen LogP contribution in [0.25, 0.3) is 0 Å². The van der Waals surface area contributed by atoms with Crippen LogP contribution in [-0.2, 0) is 4.79 Å². The van der Waals surface area contributed by atoms with E-state index in [0.29, 0.717) is 24.6 Å². The maximum absolute atomic E-state index is 13.4. The zero-order chi connectivity index (χ0) is 23.8. The summed E-state index contributed by atoms with van der Waals surface area (Å²) >= 11 is 11.3. The molecule has 1 unspecified atom stereocenters. The van der Waals surface area contributed by atoms with E-state index in [9.17, 15) is 18.7 Å². The molecule has 0 saturated carbocycles. The molecule has 3 rings (SSSR count). The normalized spacial score (nSPS) is 15.9. The Kier molecular flexibility index (Phi) is 9.74. The predicted molar refractivity (Wildman–Crippen MR) is 123 cm³/mol. The second-order valence-corrected chi connectivity index (χ2v) is 9.04. The maximum atomic E-state index is 13.4. The van der Waals surface area contributed by atoms with Gasteiger partial charge < -0.3 is 19.5 Å². The molecule has 0 aromatic heterocycles. The smallest absolute Gasteiger partial charge is 0.170 e. The Hall–Kier alpha value is -1.93. The Bertz CT molecular complexity index is 939. The highest BCUT2D eigenvalue weighted by molar-refractivity contribution is 6.31. The number of piperidine rings is 1. The largest absolute Gasteiger partial charge is 0.491 e. The molecule has 180 valence electrons. The molecule has 1 heterocycles. The quantitative estimate of drug-likeness (QED) is 0.461. The third-order valence-electron chi connectivity index (χ3n) is 5.63. The van der Waals surface area contributed by atoms with Gasteiger partial charge in [-0.15, -0.1) is 0 Å². The van der Waals surface area contributed by atoms with E-state index in [2.05, 4.69) is 4.90 Å². The molecule has 1 atom stereocenters. The van der Waals surface area contributed by atoms with Gasteiger partial charge in [0.25, 0.3) is 0 Å². The highest BCUT2D eigenvalue weighted by Gasteiger charge is 2.22. The number of ether oxygens (including phenoxy) is 2. The fourth-order valence-corrected chi connectivity index (χ4v) is 3.97. The number of carbonyl (C=O) groups is 1. The zero-order valence-electron chi connectivity index (χ0n) is 18.1.